The molecule has 2 heteroatoms. The van der Waals surface area contributed by atoms with Crippen LogP contribution in [0.15, 0.2) is 0 Å². The number of hydrogen-bond donors (Lipinski definition) is 1. The van der Waals surface area contributed by atoms with E-state index in [0.717, 1.165) is 6.61 Å². The van der Waals surface area contributed by atoms with Gasteiger partial charge in [0.15, 0.2) is 0 Å². The zero-order valence-electron chi connectivity index (χ0n) is 7.94. The molecule has 2 nitrogen and oxygen atoms in total. The van der Waals surface area contributed by atoms with E-state index in [2.05, 4.69) is 12.4 Å². The Labute approximate surface area is 74.7 Å². The van der Waals surface area contributed by atoms with Gasteiger partial charge in [-0.25, -0.2) is 0 Å². The molecule has 0 amide bonds. The molecule has 2 rings (SSSR count). The highest BCUT2D eigenvalue weighted by Crippen LogP contribution is 2.39. The minimum absolute atomic E-state index is 0.284. The molecule has 0 bridgehead atoms. The summed E-state index contributed by atoms with van der Waals surface area (Å²) < 4.78 is 5.92. The molecule has 0 aromatic rings. The Morgan fingerprint density at radius 2 is 2.08 bits per heavy atom. The standard InChI is InChI=1S/C10H19NO/c1-11-9-4-7-12-10(8-9)5-2-3-6-10/h9,11H,2-8H2,1H3/t9-/m1/s1. The van der Waals surface area contributed by atoms with Gasteiger partial charge in [0.2, 0.25) is 0 Å². The first-order chi connectivity index (χ1) is 5.85. The summed E-state index contributed by atoms with van der Waals surface area (Å²) in [4.78, 5) is 0. The summed E-state index contributed by atoms with van der Waals surface area (Å²) in [5, 5.41) is 3.38. The first kappa shape index (κ1) is 8.52. The molecule has 0 aromatic heterocycles. The number of rotatable bonds is 1. The second-order valence-electron chi connectivity index (χ2n) is 4.22. The molecular formula is C10H19NO. The van der Waals surface area contributed by atoms with Crippen LogP contribution in [-0.4, -0.2) is 25.3 Å². The van der Waals surface area contributed by atoms with Crippen LogP contribution in [0.1, 0.15) is 38.5 Å². The topological polar surface area (TPSA) is 21.3 Å². The van der Waals surface area contributed by atoms with Crippen LogP contribution in [-0.2, 0) is 4.74 Å². The Morgan fingerprint density at radius 3 is 2.75 bits per heavy atom. The van der Waals surface area contributed by atoms with Gasteiger partial charge >= 0.3 is 0 Å². The van der Waals surface area contributed by atoms with Gasteiger partial charge in [0, 0.05) is 12.6 Å². The van der Waals surface area contributed by atoms with Crippen LogP contribution in [0, 0.1) is 0 Å². The van der Waals surface area contributed by atoms with Gasteiger partial charge in [-0.3, -0.25) is 0 Å². The molecule has 12 heavy (non-hydrogen) atoms. The third-order valence-electron chi connectivity index (χ3n) is 3.42. The van der Waals surface area contributed by atoms with Crippen LogP contribution in [0.2, 0.25) is 0 Å². The average molecular weight is 169 g/mol. The van der Waals surface area contributed by atoms with Crippen LogP contribution in [0.3, 0.4) is 0 Å². The van der Waals surface area contributed by atoms with Gasteiger partial charge in [-0.2, -0.15) is 0 Å². The summed E-state index contributed by atoms with van der Waals surface area (Å²) >= 11 is 0. The maximum Gasteiger partial charge on any atom is 0.0697 e. The summed E-state index contributed by atoms with van der Waals surface area (Å²) in [6.07, 6.45) is 7.77. The predicted molar refractivity (Wildman–Crippen MR) is 49.2 cm³/mol. The quantitative estimate of drug-likeness (QED) is 0.645. The fourth-order valence-corrected chi connectivity index (χ4v) is 2.64. The van der Waals surface area contributed by atoms with Crippen LogP contribution >= 0.6 is 0 Å². The molecule has 0 unspecified atom stereocenters. The number of hydrogen-bond acceptors (Lipinski definition) is 2. The fraction of sp³-hybridized carbons (Fsp3) is 1.00. The van der Waals surface area contributed by atoms with E-state index in [9.17, 15) is 0 Å². The summed E-state index contributed by atoms with van der Waals surface area (Å²) in [5.74, 6) is 0. The second-order valence-corrected chi connectivity index (χ2v) is 4.22. The highest BCUT2D eigenvalue weighted by atomic mass is 16.5. The van der Waals surface area contributed by atoms with Crippen molar-refractivity contribution in [2.75, 3.05) is 13.7 Å². The van der Waals surface area contributed by atoms with Crippen molar-refractivity contribution in [3.63, 3.8) is 0 Å². The van der Waals surface area contributed by atoms with Crippen LogP contribution in [0.5, 0.6) is 0 Å². The summed E-state index contributed by atoms with van der Waals surface area (Å²) in [7, 11) is 2.07. The highest BCUT2D eigenvalue weighted by Gasteiger charge is 2.39. The third-order valence-corrected chi connectivity index (χ3v) is 3.42. The molecule has 1 N–H and O–H groups in total. The van der Waals surface area contributed by atoms with Gasteiger partial charge in [0.25, 0.3) is 0 Å². The number of ether oxygens (including phenoxy) is 1. The zero-order chi connectivity index (χ0) is 8.44. The first-order valence-corrected chi connectivity index (χ1v) is 5.16. The summed E-state index contributed by atoms with van der Waals surface area (Å²) in [5.41, 5.74) is 0.284. The molecule has 2 aliphatic rings. The normalized spacial score (nSPS) is 34.2. The van der Waals surface area contributed by atoms with Crippen molar-refractivity contribution in [1.82, 2.24) is 5.32 Å². The van der Waals surface area contributed by atoms with E-state index < -0.39 is 0 Å². The van der Waals surface area contributed by atoms with Crippen LogP contribution in [0.25, 0.3) is 0 Å². The highest BCUT2D eigenvalue weighted by molar-refractivity contribution is 4.92. The van der Waals surface area contributed by atoms with Gasteiger partial charge in [-0.05, 0) is 32.7 Å². The molecule has 2 fully saturated rings. The summed E-state index contributed by atoms with van der Waals surface area (Å²) in [6.45, 7) is 0.964. The zero-order valence-corrected chi connectivity index (χ0v) is 7.94. The molecular weight excluding hydrogens is 150 g/mol. The van der Waals surface area contributed by atoms with Gasteiger partial charge < -0.3 is 10.1 Å². The molecule has 1 aliphatic carbocycles. The molecule has 1 saturated carbocycles. The molecule has 0 aromatic carbocycles. The molecule has 70 valence electrons. The van der Waals surface area contributed by atoms with Crippen molar-refractivity contribution in [3.05, 3.63) is 0 Å². The SMILES string of the molecule is CN[C@@H]1CCOC2(CCCC2)C1. The van der Waals surface area contributed by atoms with Crippen molar-refractivity contribution in [2.24, 2.45) is 0 Å². The Morgan fingerprint density at radius 1 is 1.33 bits per heavy atom. The lowest BCUT2D eigenvalue weighted by atomic mass is 9.89. The smallest absolute Gasteiger partial charge is 0.0697 e. The van der Waals surface area contributed by atoms with Crippen molar-refractivity contribution >= 4 is 0 Å². The Bertz CT molecular complexity index is 152. The van der Waals surface area contributed by atoms with E-state index in [1.807, 2.05) is 0 Å². The van der Waals surface area contributed by atoms with E-state index >= 15 is 0 Å². The Kier molecular flexibility index (Phi) is 2.37. The molecule has 1 atom stereocenters. The van der Waals surface area contributed by atoms with Crippen molar-refractivity contribution in [3.8, 4) is 0 Å². The van der Waals surface area contributed by atoms with Crippen molar-refractivity contribution in [1.29, 1.82) is 0 Å². The minimum Gasteiger partial charge on any atom is -0.375 e. The maximum absolute atomic E-state index is 5.92. The average Bonchev–Trinajstić information content (AvgIpc) is 2.53. The van der Waals surface area contributed by atoms with Crippen molar-refractivity contribution in [2.45, 2.75) is 50.2 Å². The van der Waals surface area contributed by atoms with Crippen LogP contribution < -0.4 is 5.32 Å². The van der Waals surface area contributed by atoms with E-state index in [1.54, 1.807) is 0 Å². The largest absolute Gasteiger partial charge is 0.375 e. The fourth-order valence-electron chi connectivity index (χ4n) is 2.64. The lowest BCUT2D eigenvalue weighted by Crippen LogP contribution is -2.44. The summed E-state index contributed by atoms with van der Waals surface area (Å²) in [6, 6.07) is 0.705. The first-order valence-electron chi connectivity index (χ1n) is 5.16. The molecule has 1 spiro atoms. The Hall–Kier alpha value is -0.0800. The van der Waals surface area contributed by atoms with Gasteiger partial charge in [-0.15, -0.1) is 0 Å². The maximum atomic E-state index is 5.92. The molecule has 0 radical (unpaired) electrons. The second kappa shape index (κ2) is 3.35. The third kappa shape index (κ3) is 1.50. The Balaban J connectivity index is 1.97. The van der Waals surface area contributed by atoms with Gasteiger partial charge in [0.05, 0.1) is 5.60 Å². The molecule has 1 saturated heterocycles. The van der Waals surface area contributed by atoms with Gasteiger partial charge in [0.1, 0.15) is 0 Å². The minimum atomic E-state index is 0.284. The van der Waals surface area contributed by atoms with E-state index in [-0.39, 0.29) is 5.60 Å². The number of nitrogens with one attached hydrogen (secondary N) is 1. The van der Waals surface area contributed by atoms with Crippen molar-refractivity contribution < 1.29 is 4.74 Å². The lowest BCUT2D eigenvalue weighted by molar-refractivity contribution is -0.0827. The monoisotopic (exact) mass is 169 g/mol. The molecule has 1 aliphatic heterocycles. The van der Waals surface area contributed by atoms with E-state index in [0.29, 0.717) is 6.04 Å². The lowest BCUT2D eigenvalue weighted by Gasteiger charge is -2.38. The van der Waals surface area contributed by atoms with E-state index in [4.69, 9.17) is 4.74 Å². The van der Waals surface area contributed by atoms with E-state index in [1.165, 1.54) is 38.5 Å². The van der Waals surface area contributed by atoms with Gasteiger partial charge in [-0.1, -0.05) is 12.8 Å². The molecule has 1 heterocycles. The predicted octanol–water partition coefficient (Wildman–Crippen LogP) is 1.70. The van der Waals surface area contributed by atoms with Crippen LogP contribution in [0.4, 0.5) is 0 Å².